The maximum absolute atomic E-state index is 14.3. The number of anilines is 2. The zero-order chi connectivity index (χ0) is 21.5. The van der Waals surface area contributed by atoms with Gasteiger partial charge >= 0.3 is 0 Å². The van der Waals surface area contributed by atoms with Crippen molar-refractivity contribution in [3.63, 3.8) is 0 Å². The van der Waals surface area contributed by atoms with Crippen LogP contribution >= 0.6 is 0 Å². The molecule has 0 spiro atoms. The summed E-state index contributed by atoms with van der Waals surface area (Å²) in [6.45, 7) is 0.503. The number of hydrogen-bond donors (Lipinski definition) is 3. The van der Waals surface area contributed by atoms with Gasteiger partial charge in [0.05, 0.1) is 5.44 Å². The van der Waals surface area contributed by atoms with E-state index in [0.717, 1.165) is 11.3 Å². The molecule has 2 aromatic carbocycles. The fraction of sp³-hybridized carbons (Fsp3) is 0.286. The molecule has 2 heterocycles. The molecule has 1 saturated heterocycles. The number of amides is 3. The number of halogens is 1. The molecule has 0 saturated carbocycles. The third-order valence-electron chi connectivity index (χ3n) is 5.96. The van der Waals surface area contributed by atoms with Crippen LogP contribution in [-0.2, 0) is 22.7 Å². The van der Waals surface area contributed by atoms with Crippen molar-refractivity contribution in [3.05, 3.63) is 58.9 Å². The number of imide groups is 1. The van der Waals surface area contributed by atoms with Crippen LogP contribution in [0.5, 0.6) is 0 Å². The number of rotatable bonds is 5. The van der Waals surface area contributed by atoms with E-state index in [9.17, 15) is 18.8 Å². The highest BCUT2D eigenvalue weighted by atomic mass is 19.1. The Balaban J connectivity index is 1.56. The lowest BCUT2D eigenvalue weighted by molar-refractivity contribution is -0.138. The Kier molecular flexibility index (Phi) is 4.97. The highest BCUT2D eigenvalue weighted by Crippen LogP contribution is 2.36. The molecular formula is C21H22BFN4O3. The van der Waals surface area contributed by atoms with E-state index in [0.29, 0.717) is 16.8 Å². The van der Waals surface area contributed by atoms with E-state index in [1.165, 1.54) is 11.0 Å². The first-order chi connectivity index (χ1) is 14.3. The molecular weight excluding hydrogens is 386 g/mol. The number of carbonyl (C=O) groups excluding carboxylic acids is 3. The average molecular weight is 408 g/mol. The van der Waals surface area contributed by atoms with Gasteiger partial charge in [0.1, 0.15) is 13.7 Å². The average Bonchev–Trinajstić information content (AvgIpc) is 3.08. The van der Waals surface area contributed by atoms with E-state index >= 15 is 0 Å². The van der Waals surface area contributed by atoms with Gasteiger partial charge in [-0.3, -0.25) is 19.7 Å². The first-order valence-electron chi connectivity index (χ1n) is 9.81. The lowest BCUT2D eigenvalue weighted by Crippen LogP contribution is -2.63. The van der Waals surface area contributed by atoms with Crippen LogP contribution < -0.4 is 16.0 Å². The molecule has 7 nitrogen and oxygen atoms in total. The Morgan fingerprint density at radius 3 is 2.73 bits per heavy atom. The molecule has 1 atom stereocenters. The maximum Gasteiger partial charge on any atom is 0.254 e. The molecule has 1 unspecified atom stereocenters. The van der Waals surface area contributed by atoms with E-state index < -0.39 is 11.3 Å². The van der Waals surface area contributed by atoms with Crippen molar-refractivity contribution in [1.29, 1.82) is 0 Å². The summed E-state index contributed by atoms with van der Waals surface area (Å²) in [5, 5.41) is 8.45. The maximum atomic E-state index is 14.3. The van der Waals surface area contributed by atoms with Crippen LogP contribution in [0.25, 0.3) is 0 Å². The van der Waals surface area contributed by atoms with Crippen molar-refractivity contribution < 1.29 is 18.8 Å². The summed E-state index contributed by atoms with van der Waals surface area (Å²) in [7, 11) is 3.41. The van der Waals surface area contributed by atoms with Gasteiger partial charge in [-0.1, -0.05) is 12.1 Å². The Labute approximate surface area is 174 Å². The Bertz CT molecular complexity index is 1060. The largest absolute Gasteiger partial charge is 0.388 e. The first-order valence-corrected chi connectivity index (χ1v) is 9.81. The van der Waals surface area contributed by atoms with E-state index in [1.807, 2.05) is 6.07 Å². The first kappa shape index (κ1) is 19.9. The number of carbonyl (C=O) groups is 3. The second kappa shape index (κ2) is 7.48. The zero-order valence-corrected chi connectivity index (χ0v) is 16.8. The number of hydrogen-bond acceptors (Lipinski definition) is 5. The minimum Gasteiger partial charge on any atom is -0.388 e. The number of fused-ring (bicyclic) bond motifs is 1. The molecule has 3 amide bonds. The van der Waals surface area contributed by atoms with Gasteiger partial charge in [0.2, 0.25) is 11.8 Å². The summed E-state index contributed by atoms with van der Waals surface area (Å²) in [5.41, 5.74) is 2.10. The summed E-state index contributed by atoms with van der Waals surface area (Å²) < 4.78 is 14.3. The third kappa shape index (κ3) is 3.30. The molecule has 0 radical (unpaired) electrons. The number of piperidine rings is 1. The predicted molar refractivity (Wildman–Crippen MR) is 113 cm³/mol. The molecule has 0 bridgehead atoms. The lowest BCUT2D eigenvalue weighted by Gasteiger charge is -2.40. The smallest absolute Gasteiger partial charge is 0.254 e. The van der Waals surface area contributed by atoms with Gasteiger partial charge in [-0.05, 0) is 30.7 Å². The molecule has 9 heteroatoms. The van der Waals surface area contributed by atoms with Crippen LogP contribution in [0, 0.1) is 5.82 Å². The molecule has 30 heavy (non-hydrogen) atoms. The summed E-state index contributed by atoms with van der Waals surface area (Å²) >= 11 is 0. The van der Waals surface area contributed by atoms with Crippen molar-refractivity contribution in [1.82, 2.24) is 10.2 Å². The van der Waals surface area contributed by atoms with Gasteiger partial charge in [-0.25, -0.2) is 4.39 Å². The summed E-state index contributed by atoms with van der Waals surface area (Å²) in [6, 6.07) is 10.3. The van der Waals surface area contributed by atoms with Crippen LogP contribution in [0.3, 0.4) is 0 Å². The fourth-order valence-electron chi connectivity index (χ4n) is 3.99. The summed E-state index contributed by atoms with van der Waals surface area (Å²) in [6.07, 6.45) is 0.471. The molecule has 154 valence electrons. The highest BCUT2D eigenvalue weighted by molar-refractivity contribution is 6.32. The third-order valence-corrected chi connectivity index (χ3v) is 5.96. The van der Waals surface area contributed by atoms with Gasteiger partial charge < -0.3 is 15.5 Å². The van der Waals surface area contributed by atoms with Crippen LogP contribution in [-0.4, -0.2) is 43.0 Å². The Morgan fingerprint density at radius 2 is 2.03 bits per heavy atom. The normalized spacial score (nSPS) is 20.7. The van der Waals surface area contributed by atoms with E-state index in [1.54, 1.807) is 39.2 Å². The zero-order valence-electron chi connectivity index (χ0n) is 16.8. The van der Waals surface area contributed by atoms with Crippen molar-refractivity contribution in [2.75, 3.05) is 17.7 Å². The topological polar surface area (TPSA) is 90.5 Å². The van der Waals surface area contributed by atoms with Crippen LogP contribution in [0.2, 0.25) is 0 Å². The Morgan fingerprint density at radius 1 is 1.23 bits per heavy atom. The lowest BCUT2D eigenvalue weighted by atomic mass is 9.70. The molecule has 0 aromatic heterocycles. The van der Waals surface area contributed by atoms with Crippen molar-refractivity contribution in [3.8, 4) is 0 Å². The van der Waals surface area contributed by atoms with Crippen molar-refractivity contribution in [2.45, 2.75) is 31.4 Å². The molecule has 2 aliphatic rings. The quantitative estimate of drug-likeness (QED) is 0.511. The minimum atomic E-state index is -1.09. The summed E-state index contributed by atoms with van der Waals surface area (Å²) in [5.74, 6) is -1.35. The van der Waals surface area contributed by atoms with E-state index in [-0.39, 0.29) is 43.6 Å². The van der Waals surface area contributed by atoms with Crippen LogP contribution in [0.4, 0.5) is 15.8 Å². The van der Waals surface area contributed by atoms with Gasteiger partial charge in [0.25, 0.3) is 5.91 Å². The van der Waals surface area contributed by atoms with Crippen LogP contribution in [0.15, 0.2) is 36.4 Å². The second-order valence-electron chi connectivity index (χ2n) is 7.78. The van der Waals surface area contributed by atoms with Gasteiger partial charge in [0, 0.05) is 54.6 Å². The highest BCUT2D eigenvalue weighted by Gasteiger charge is 2.48. The number of nitrogens with zero attached hydrogens (tertiary/aromatic N) is 1. The molecule has 4 rings (SSSR count). The molecule has 0 aliphatic carbocycles. The standard InChI is InChI=1S/C21H22BFN4O3/c1-24-13-6-5-12(16(23)9-13)10-25-17-4-2-3-14-15(17)11-27(19(14)29)21(22)8-7-18(28)26-20(21)30/h2-6,9,24-25H,7-8,10-11,22H2,1H3,(H,26,28,30). The van der Waals surface area contributed by atoms with Gasteiger partial charge in [-0.2, -0.15) is 0 Å². The SMILES string of the molecule is BC1(N2Cc3c(NCc4ccc(NC)cc4F)cccc3C2=O)CCC(=O)NC1=O. The molecule has 2 aliphatic heterocycles. The van der Waals surface area contributed by atoms with Gasteiger partial charge in [0.15, 0.2) is 0 Å². The second-order valence-corrected chi connectivity index (χ2v) is 7.78. The van der Waals surface area contributed by atoms with Crippen molar-refractivity contribution in [2.24, 2.45) is 0 Å². The predicted octanol–water partition coefficient (Wildman–Crippen LogP) is 1.20. The molecule has 1 fully saturated rings. The van der Waals surface area contributed by atoms with E-state index in [2.05, 4.69) is 16.0 Å². The van der Waals surface area contributed by atoms with Gasteiger partial charge in [-0.15, -0.1) is 0 Å². The summed E-state index contributed by atoms with van der Waals surface area (Å²) in [4.78, 5) is 38.6. The van der Waals surface area contributed by atoms with Crippen molar-refractivity contribution >= 4 is 36.9 Å². The van der Waals surface area contributed by atoms with E-state index in [4.69, 9.17) is 0 Å². The van der Waals surface area contributed by atoms with Crippen LogP contribution in [0.1, 0.15) is 34.3 Å². The fourth-order valence-corrected chi connectivity index (χ4v) is 3.99. The minimum absolute atomic E-state index is 0.190. The monoisotopic (exact) mass is 408 g/mol. The number of nitrogens with one attached hydrogen (secondary N) is 3. The number of benzene rings is 2. The molecule has 2 aromatic rings. The Hall–Kier alpha value is -3.36. The molecule has 3 N–H and O–H groups in total.